The van der Waals surface area contributed by atoms with Crippen LogP contribution in [0.4, 0.5) is 0 Å². The molecule has 0 spiro atoms. The molecule has 0 saturated carbocycles. The van der Waals surface area contributed by atoms with E-state index in [0.29, 0.717) is 12.0 Å². The molecule has 1 atom stereocenters. The van der Waals surface area contributed by atoms with E-state index in [1.165, 1.54) is 5.56 Å². The molecule has 0 aliphatic carbocycles. The number of hydrogen-bond acceptors (Lipinski definition) is 5. The molecule has 7 nitrogen and oxygen atoms in total. The van der Waals surface area contributed by atoms with E-state index in [0.717, 1.165) is 17.1 Å². The molecular weight excluding hydrogens is 402 g/mol. The van der Waals surface area contributed by atoms with E-state index in [9.17, 15) is 18.0 Å². The number of aryl methyl sites for hydroxylation is 2. The van der Waals surface area contributed by atoms with E-state index in [2.05, 4.69) is 9.88 Å². The van der Waals surface area contributed by atoms with Crippen LogP contribution in [0, 0.1) is 20.8 Å². The molecule has 1 saturated heterocycles. The van der Waals surface area contributed by atoms with Gasteiger partial charge in [0.05, 0.1) is 24.6 Å². The van der Waals surface area contributed by atoms with Gasteiger partial charge in [0.1, 0.15) is 0 Å². The van der Waals surface area contributed by atoms with Crippen LogP contribution in [0.5, 0.6) is 0 Å². The Morgan fingerprint density at radius 2 is 1.80 bits per heavy atom. The van der Waals surface area contributed by atoms with Crippen LogP contribution < -0.4 is 5.32 Å². The van der Waals surface area contributed by atoms with Gasteiger partial charge >= 0.3 is 0 Å². The first-order chi connectivity index (χ1) is 14.1. The largest absolute Gasteiger partial charge is 0.351 e. The molecular formula is C22H29N3O4S. The van der Waals surface area contributed by atoms with Gasteiger partial charge in [-0.3, -0.25) is 14.5 Å². The summed E-state index contributed by atoms with van der Waals surface area (Å²) in [4.78, 5) is 26.7. The molecule has 1 aromatic heterocycles. The van der Waals surface area contributed by atoms with E-state index < -0.39 is 9.84 Å². The molecule has 2 heterocycles. The third-order valence-corrected chi connectivity index (χ3v) is 7.22. The highest BCUT2D eigenvalue weighted by molar-refractivity contribution is 7.91. The highest BCUT2D eigenvalue weighted by Crippen LogP contribution is 2.22. The van der Waals surface area contributed by atoms with Crippen molar-refractivity contribution in [2.75, 3.05) is 31.6 Å². The number of amides is 1. The number of hydrogen-bond donors (Lipinski definition) is 1. The fourth-order valence-electron chi connectivity index (χ4n) is 3.95. The summed E-state index contributed by atoms with van der Waals surface area (Å²) in [5.74, 6) is -0.215. The second kappa shape index (κ2) is 8.73. The molecule has 1 fully saturated rings. The second-order valence-electron chi connectivity index (χ2n) is 8.22. The third-order valence-electron chi connectivity index (χ3n) is 5.45. The summed E-state index contributed by atoms with van der Waals surface area (Å²) in [6, 6.07) is 9.69. The molecule has 0 bridgehead atoms. The highest BCUT2D eigenvalue weighted by Gasteiger charge is 2.29. The van der Waals surface area contributed by atoms with E-state index in [4.69, 9.17) is 0 Å². The zero-order valence-corrected chi connectivity index (χ0v) is 18.8. The first-order valence-corrected chi connectivity index (χ1v) is 11.9. The smallest absolute Gasteiger partial charge is 0.234 e. The number of nitrogens with one attached hydrogen (secondary N) is 1. The number of sulfone groups is 1. The van der Waals surface area contributed by atoms with Crippen LogP contribution in [0.3, 0.4) is 0 Å². The number of rotatable bonds is 7. The van der Waals surface area contributed by atoms with E-state index in [-0.39, 0.29) is 42.3 Å². The fraction of sp³-hybridized carbons (Fsp3) is 0.455. The van der Waals surface area contributed by atoms with E-state index in [1.807, 2.05) is 51.1 Å². The first kappa shape index (κ1) is 22.2. The lowest BCUT2D eigenvalue weighted by molar-refractivity contribution is -0.122. The van der Waals surface area contributed by atoms with Crippen molar-refractivity contribution in [2.45, 2.75) is 33.2 Å². The molecule has 3 rings (SSSR count). The number of ketones is 1. The lowest BCUT2D eigenvalue weighted by Crippen LogP contribution is -2.42. The summed E-state index contributed by atoms with van der Waals surface area (Å²) < 4.78 is 25.1. The summed E-state index contributed by atoms with van der Waals surface area (Å²) in [6.07, 6.45) is 0.446. The molecule has 1 amide bonds. The molecule has 1 aromatic carbocycles. The monoisotopic (exact) mass is 431 g/mol. The van der Waals surface area contributed by atoms with Crippen molar-refractivity contribution in [1.29, 1.82) is 0 Å². The van der Waals surface area contributed by atoms with Gasteiger partial charge in [0.25, 0.3) is 0 Å². The minimum absolute atomic E-state index is 0.00756. The van der Waals surface area contributed by atoms with Gasteiger partial charge in [0.2, 0.25) is 5.91 Å². The predicted octanol–water partition coefficient (Wildman–Crippen LogP) is 1.82. The average Bonchev–Trinajstić information content (AvgIpc) is 3.13. The van der Waals surface area contributed by atoms with Gasteiger partial charge in [-0.1, -0.05) is 17.7 Å². The molecule has 30 heavy (non-hydrogen) atoms. The summed E-state index contributed by atoms with van der Waals surface area (Å²) in [5, 5.41) is 2.75. The number of benzene rings is 1. The van der Waals surface area contributed by atoms with Crippen LogP contribution in [-0.4, -0.2) is 67.3 Å². The molecule has 1 N–H and O–H groups in total. The number of aromatic nitrogens is 1. The van der Waals surface area contributed by atoms with Crippen LogP contribution in [0.2, 0.25) is 0 Å². The highest BCUT2D eigenvalue weighted by atomic mass is 32.2. The van der Waals surface area contributed by atoms with Crippen LogP contribution in [0.15, 0.2) is 30.3 Å². The lowest BCUT2D eigenvalue weighted by atomic mass is 10.1. The van der Waals surface area contributed by atoms with Gasteiger partial charge in [0.15, 0.2) is 15.6 Å². The van der Waals surface area contributed by atoms with Crippen molar-refractivity contribution in [1.82, 2.24) is 14.8 Å². The van der Waals surface area contributed by atoms with Crippen molar-refractivity contribution in [3.63, 3.8) is 0 Å². The summed E-state index contributed by atoms with van der Waals surface area (Å²) >= 11 is 0. The van der Waals surface area contributed by atoms with Crippen LogP contribution in [0.25, 0.3) is 5.69 Å². The molecule has 2 aromatic rings. The van der Waals surface area contributed by atoms with Gasteiger partial charge in [-0.15, -0.1) is 0 Å². The predicted molar refractivity (Wildman–Crippen MR) is 117 cm³/mol. The van der Waals surface area contributed by atoms with Gasteiger partial charge in [-0.05, 0) is 52.4 Å². The number of carbonyl (C=O) groups is 2. The van der Waals surface area contributed by atoms with Crippen molar-refractivity contribution in [3.8, 4) is 5.69 Å². The fourth-order valence-corrected chi connectivity index (χ4v) is 5.62. The molecule has 162 valence electrons. The van der Waals surface area contributed by atoms with Crippen LogP contribution in [-0.2, 0) is 14.6 Å². The Morgan fingerprint density at radius 1 is 1.13 bits per heavy atom. The van der Waals surface area contributed by atoms with Crippen molar-refractivity contribution in [3.05, 3.63) is 52.8 Å². The SMILES string of the molecule is Cc1ccc(-n2c(C)cc(C(=O)CN(C)CC(=O)NC3CCS(=O)(=O)C3)c2C)cc1. The summed E-state index contributed by atoms with van der Waals surface area (Å²) in [7, 11) is -1.33. The Balaban J connectivity index is 1.62. The average molecular weight is 432 g/mol. The van der Waals surface area contributed by atoms with Crippen LogP contribution in [0.1, 0.15) is 33.7 Å². The number of nitrogens with zero attached hydrogens (tertiary/aromatic N) is 2. The standard InChI is InChI=1S/C22H29N3O4S/c1-15-5-7-19(8-6-15)25-16(2)11-20(17(25)3)21(26)12-24(4)13-22(27)23-18-9-10-30(28,29)14-18/h5-8,11,18H,9-10,12-14H2,1-4H3,(H,23,27). The van der Waals surface area contributed by atoms with Crippen molar-refractivity contribution < 1.29 is 18.0 Å². The summed E-state index contributed by atoms with van der Waals surface area (Å²) in [6.45, 7) is 6.07. The number of likely N-dealkylation sites (N-methyl/N-ethyl adjacent to an activating group) is 1. The zero-order valence-electron chi connectivity index (χ0n) is 17.9. The number of carbonyl (C=O) groups excluding carboxylic acids is 2. The molecule has 8 heteroatoms. The number of Topliss-reactive ketones (excluding diaryl/α,β-unsaturated/α-hetero) is 1. The Morgan fingerprint density at radius 3 is 2.40 bits per heavy atom. The van der Waals surface area contributed by atoms with Gasteiger partial charge in [-0.25, -0.2) is 8.42 Å². The minimum Gasteiger partial charge on any atom is -0.351 e. The van der Waals surface area contributed by atoms with E-state index in [1.54, 1.807) is 11.9 Å². The topological polar surface area (TPSA) is 88.5 Å². The van der Waals surface area contributed by atoms with Crippen LogP contribution >= 0.6 is 0 Å². The van der Waals surface area contributed by atoms with Crippen molar-refractivity contribution in [2.24, 2.45) is 0 Å². The maximum absolute atomic E-state index is 12.9. The van der Waals surface area contributed by atoms with Gasteiger partial charge < -0.3 is 9.88 Å². The second-order valence-corrected chi connectivity index (χ2v) is 10.4. The molecule has 1 aliphatic rings. The maximum atomic E-state index is 12.9. The zero-order chi connectivity index (χ0) is 22.1. The molecule has 1 unspecified atom stereocenters. The van der Waals surface area contributed by atoms with E-state index >= 15 is 0 Å². The van der Waals surface area contributed by atoms with Gasteiger partial charge in [0, 0.05) is 28.7 Å². The molecule has 1 aliphatic heterocycles. The quantitative estimate of drug-likeness (QED) is 0.676. The van der Waals surface area contributed by atoms with Gasteiger partial charge in [-0.2, -0.15) is 0 Å². The Kier molecular flexibility index (Phi) is 6.47. The Labute approximate surface area is 178 Å². The third kappa shape index (κ3) is 5.17. The van der Waals surface area contributed by atoms with Crippen molar-refractivity contribution >= 4 is 21.5 Å². The Hall–Kier alpha value is -2.45. The Bertz CT molecular complexity index is 1050. The lowest BCUT2D eigenvalue weighted by Gasteiger charge is -2.17. The summed E-state index contributed by atoms with van der Waals surface area (Å²) in [5.41, 5.74) is 4.67. The first-order valence-electron chi connectivity index (χ1n) is 10.0. The minimum atomic E-state index is -3.04. The molecule has 0 radical (unpaired) electrons. The normalized spacial score (nSPS) is 18.0. The maximum Gasteiger partial charge on any atom is 0.234 e.